The number of halogens is 1. The van der Waals surface area contributed by atoms with E-state index in [1.165, 1.54) is 43.4 Å². The molecule has 0 saturated carbocycles. The van der Waals surface area contributed by atoms with Crippen LogP contribution in [0.1, 0.15) is 0 Å². The number of anilines is 4. The summed E-state index contributed by atoms with van der Waals surface area (Å²) in [6.45, 7) is 0. The Morgan fingerprint density at radius 3 is 2.17 bits per heavy atom. The Bertz CT molecular complexity index is 1300. The maximum Gasteiger partial charge on any atom is 0.240 e. The van der Waals surface area contributed by atoms with E-state index in [4.69, 9.17) is 5.14 Å². The Hall–Kier alpha value is -3.13. The highest BCUT2D eigenvalue weighted by Gasteiger charge is 2.14. The highest BCUT2D eigenvalue weighted by Crippen LogP contribution is 2.23. The molecule has 13 heteroatoms. The molecule has 1 heterocycles. The molecular weight excluding hydrogens is 435 g/mol. The Kier molecular flexibility index (Phi) is 5.98. The zero-order chi connectivity index (χ0) is 21.9. The van der Waals surface area contributed by atoms with Crippen molar-refractivity contribution in [2.75, 3.05) is 17.7 Å². The number of aromatic nitrogens is 2. The topological polar surface area (TPSA) is 156 Å². The van der Waals surface area contributed by atoms with E-state index in [-0.39, 0.29) is 27.2 Å². The summed E-state index contributed by atoms with van der Waals surface area (Å²) in [4.78, 5) is 7.70. The lowest BCUT2D eigenvalue weighted by molar-refractivity contribution is 0.588. The fourth-order valence-electron chi connectivity index (χ4n) is 2.39. The fourth-order valence-corrected chi connectivity index (χ4v) is 3.73. The molecular formula is C17H17FN6O4S2. The smallest absolute Gasteiger partial charge is 0.240 e. The van der Waals surface area contributed by atoms with Crippen molar-refractivity contribution in [3.8, 4) is 0 Å². The van der Waals surface area contributed by atoms with Gasteiger partial charge in [0, 0.05) is 11.4 Å². The van der Waals surface area contributed by atoms with Crippen LogP contribution in [0.25, 0.3) is 0 Å². The van der Waals surface area contributed by atoms with Crippen LogP contribution in [-0.4, -0.2) is 33.9 Å². The average molecular weight is 452 g/mol. The predicted octanol–water partition coefficient (Wildman–Crippen LogP) is 1.66. The molecule has 0 bridgehead atoms. The van der Waals surface area contributed by atoms with Crippen molar-refractivity contribution in [2.45, 2.75) is 9.79 Å². The SMILES string of the molecule is CNS(=O)(=O)c1cccc(Nc2nc(Nc3cccc(S(N)(=O)=O)c3)ncc2F)c1. The zero-order valence-corrected chi connectivity index (χ0v) is 17.1. The van der Waals surface area contributed by atoms with E-state index in [0.717, 1.165) is 6.20 Å². The van der Waals surface area contributed by atoms with Gasteiger partial charge in [0.15, 0.2) is 11.6 Å². The molecule has 0 aliphatic heterocycles. The second kappa shape index (κ2) is 8.31. The Morgan fingerprint density at radius 1 is 0.933 bits per heavy atom. The van der Waals surface area contributed by atoms with Gasteiger partial charge in [0.1, 0.15) is 0 Å². The number of benzene rings is 2. The third kappa shape index (κ3) is 5.07. The lowest BCUT2D eigenvalue weighted by Gasteiger charge is -2.11. The van der Waals surface area contributed by atoms with Crippen molar-refractivity contribution in [1.82, 2.24) is 14.7 Å². The van der Waals surface area contributed by atoms with Crippen LogP contribution >= 0.6 is 0 Å². The Balaban J connectivity index is 1.87. The van der Waals surface area contributed by atoms with E-state index in [0.29, 0.717) is 5.69 Å². The lowest BCUT2D eigenvalue weighted by Crippen LogP contribution is -2.18. The predicted molar refractivity (Wildman–Crippen MR) is 109 cm³/mol. The largest absolute Gasteiger partial charge is 0.338 e. The number of hydrogen-bond donors (Lipinski definition) is 4. The summed E-state index contributed by atoms with van der Waals surface area (Å²) < 4.78 is 63.2. The number of sulfonamides is 2. The van der Waals surface area contributed by atoms with Crippen LogP contribution in [0, 0.1) is 5.82 Å². The minimum absolute atomic E-state index is 0.0115. The molecule has 2 aromatic carbocycles. The van der Waals surface area contributed by atoms with Gasteiger partial charge in [-0.15, -0.1) is 0 Å². The molecule has 0 atom stereocenters. The molecule has 0 amide bonds. The van der Waals surface area contributed by atoms with E-state index in [2.05, 4.69) is 25.3 Å². The van der Waals surface area contributed by atoms with E-state index in [1.54, 1.807) is 12.1 Å². The number of nitrogens with zero attached hydrogens (tertiary/aromatic N) is 2. The van der Waals surface area contributed by atoms with Gasteiger partial charge in [-0.05, 0) is 43.4 Å². The monoisotopic (exact) mass is 452 g/mol. The van der Waals surface area contributed by atoms with Crippen LogP contribution in [-0.2, 0) is 20.0 Å². The van der Waals surface area contributed by atoms with Crippen molar-refractivity contribution in [2.24, 2.45) is 5.14 Å². The minimum Gasteiger partial charge on any atom is -0.338 e. The van der Waals surface area contributed by atoms with Crippen LogP contribution in [0.5, 0.6) is 0 Å². The Morgan fingerprint density at radius 2 is 1.53 bits per heavy atom. The number of nitrogens with two attached hydrogens (primary N) is 1. The second-order valence-corrected chi connectivity index (χ2v) is 9.40. The quantitative estimate of drug-likeness (QED) is 0.422. The molecule has 10 nitrogen and oxygen atoms in total. The molecule has 3 rings (SSSR count). The normalized spacial score (nSPS) is 11.8. The molecule has 0 saturated heterocycles. The molecule has 0 spiro atoms. The first-order valence-electron chi connectivity index (χ1n) is 8.31. The Labute approximate surface area is 172 Å². The van der Waals surface area contributed by atoms with Crippen LogP contribution in [0.3, 0.4) is 0 Å². The van der Waals surface area contributed by atoms with Crippen molar-refractivity contribution in [3.63, 3.8) is 0 Å². The number of primary sulfonamides is 1. The first-order chi connectivity index (χ1) is 14.1. The fraction of sp³-hybridized carbons (Fsp3) is 0.0588. The van der Waals surface area contributed by atoms with Gasteiger partial charge < -0.3 is 10.6 Å². The van der Waals surface area contributed by atoms with E-state index >= 15 is 0 Å². The van der Waals surface area contributed by atoms with Gasteiger partial charge >= 0.3 is 0 Å². The van der Waals surface area contributed by atoms with E-state index < -0.39 is 25.9 Å². The van der Waals surface area contributed by atoms with Gasteiger partial charge in [-0.2, -0.15) is 4.98 Å². The number of hydrogen-bond acceptors (Lipinski definition) is 8. The molecule has 0 aliphatic rings. The summed E-state index contributed by atoms with van der Waals surface area (Å²) in [5, 5.41) is 10.6. The molecule has 158 valence electrons. The van der Waals surface area contributed by atoms with Crippen molar-refractivity contribution < 1.29 is 21.2 Å². The van der Waals surface area contributed by atoms with Crippen LogP contribution in [0.15, 0.2) is 64.5 Å². The maximum absolute atomic E-state index is 14.2. The lowest BCUT2D eigenvalue weighted by atomic mass is 10.3. The summed E-state index contributed by atoms with van der Waals surface area (Å²) in [7, 11) is -6.30. The maximum atomic E-state index is 14.2. The van der Waals surface area contributed by atoms with E-state index in [1.807, 2.05) is 0 Å². The minimum atomic E-state index is -3.90. The second-order valence-electron chi connectivity index (χ2n) is 5.95. The summed E-state index contributed by atoms with van der Waals surface area (Å²) in [6.07, 6.45) is 0.912. The van der Waals surface area contributed by atoms with Crippen LogP contribution in [0.2, 0.25) is 0 Å². The molecule has 0 radical (unpaired) electrons. The summed E-state index contributed by atoms with van der Waals surface area (Å²) in [6, 6.07) is 11.4. The first-order valence-corrected chi connectivity index (χ1v) is 11.3. The highest BCUT2D eigenvalue weighted by atomic mass is 32.2. The zero-order valence-electron chi connectivity index (χ0n) is 15.5. The van der Waals surface area contributed by atoms with Gasteiger partial charge in [0.2, 0.25) is 26.0 Å². The van der Waals surface area contributed by atoms with Gasteiger partial charge in [0.25, 0.3) is 0 Å². The van der Waals surface area contributed by atoms with Gasteiger partial charge in [0.05, 0.1) is 16.0 Å². The third-order valence-electron chi connectivity index (χ3n) is 3.84. The number of nitrogens with one attached hydrogen (secondary N) is 3. The molecule has 0 unspecified atom stereocenters. The summed E-state index contributed by atoms with van der Waals surface area (Å²) in [5.41, 5.74) is 0.604. The van der Waals surface area contributed by atoms with E-state index in [9.17, 15) is 21.2 Å². The van der Waals surface area contributed by atoms with Gasteiger partial charge in [-0.1, -0.05) is 12.1 Å². The molecule has 30 heavy (non-hydrogen) atoms. The van der Waals surface area contributed by atoms with Gasteiger partial charge in [-0.3, -0.25) is 0 Å². The molecule has 0 aliphatic carbocycles. The van der Waals surface area contributed by atoms with Crippen molar-refractivity contribution in [1.29, 1.82) is 0 Å². The van der Waals surface area contributed by atoms with Crippen molar-refractivity contribution >= 4 is 43.2 Å². The van der Waals surface area contributed by atoms with Crippen LogP contribution in [0.4, 0.5) is 27.5 Å². The highest BCUT2D eigenvalue weighted by molar-refractivity contribution is 7.89. The first kappa shape index (κ1) is 21.6. The van der Waals surface area contributed by atoms with Crippen LogP contribution < -0.4 is 20.5 Å². The summed E-state index contributed by atoms with van der Waals surface area (Å²) in [5.74, 6) is -1.01. The number of rotatable bonds is 7. The molecule has 3 aromatic rings. The van der Waals surface area contributed by atoms with Crippen molar-refractivity contribution in [3.05, 3.63) is 60.5 Å². The standard InChI is InChI=1S/C17H17FN6O4S2/c1-20-30(27,28)14-7-3-4-11(9-14)22-16-15(18)10-21-17(24-16)23-12-5-2-6-13(8-12)29(19,25)26/h2-10,20H,1H3,(H2,19,25,26)(H2,21,22,23,24). The molecule has 1 aromatic heterocycles. The van der Waals surface area contributed by atoms with Gasteiger partial charge in [-0.25, -0.2) is 36.1 Å². The summed E-state index contributed by atoms with van der Waals surface area (Å²) >= 11 is 0. The average Bonchev–Trinajstić information content (AvgIpc) is 2.70. The molecule has 5 N–H and O–H groups in total. The third-order valence-corrected chi connectivity index (χ3v) is 6.16. The molecule has 0 fully saturated rings.